The molecule has 18 heavy (non-hydrogen) atoms. The summed E-state index contributed by atoms with van der Waals surface area (Å²) < 4.78 is 0. The molecule has 0 aromatic rings. The molecule has 3 N–H and O–H groups in total. The van der Waals surface area contributed by atoms with Gasteiger partial charge in [0.25, 0.3) is 0 Å². The van der Waals surface area contributed by atoms with Gasteiger partial charge in [-0.2, -0.15) is 0 Å². The first-order valence-electron chi connectivity index (χ1n) is 6.07. The summed E-state index contributed by atoms with van der Waals surface area (Å²) in [6, 6.07) is -0.300. The summed E-state index contributed by atoms with van der Waals surface area (Å²) in [5.41, 5.74) is 0. The third-order valence-electron chi connectivity index (χ3n) is 2.90. The minimum Gasteiger partial charge on any atom is -0.390 e. The number of hydrogen-bond acceptors (Lipinski definition) is 6. The predicted molar refractivity (Wildman–Crippen MR) is 74.8 cm³/mol. The van der Waals surface area contributed by atoms with E-state index in [0.717, 1.165) is 0 Å². The number of rotatable bonds is 9. The van der Waals surface area contributed by atoms with Crippen LogP contribution in [0.1, 0.15) is 27.7 Å². The fourth-order valence-corrected chi connectivity index (χ4v) is 3.13. The number of thioether (sulfide) groups is 1. The number of carbonyl (C=O) groups excluding carboxylic acids is 2. The van der Waals surface area contributed by atoms with Gasteiger partial charge in [0.1, 0.15) is 10.7 Å². The maximum atomic E-state index is 11.7. The van der Waals surface area contributed by atoms with Crippen LogP contribution in [-0.4, -0.2) is 53.0 Å². The predicted octanol–water partition coefficient (Wildman–Crippen LogP) is 0.172. The van der Waals surface area contributed by atoms with Gasteiger partial charge in [-0.25, -0.2) is 0 Å². The summed E-state index contributed by atoms with van der Waals surface area (Å²) in [6.07, 6.45) is -0.834. The third kappa shape index (κ3) is 4.35. The standard InChI is InChI=1S/C12H24N2O3S/c1-6-14-11(8(2)15)7-18-12(13-5,9(3)16)10(4)17/h9,11,13-14,16H,6-7H2,1-5H3/t9-,11-,12-/m0/s1. The fraction of sp³-hybridized carbons (Fsp3) is 0.833. The number of aliphatic hydroxyl groups excluding tert-OH is 1. The molecule has 5 nitrogen and oxygen atoms in total. The number of hydrogen-bond donors (Lipinski definition) is 3. The molecule has 106 valence electrons. The van der Waals surface area contributed by atoms with Crippen LogP contribution in [0.25, 0.3) is 0 Å². The molecule has 0 saturated heterocycles. The highest BCUT2D eigenvalue weighted by Crippen LogP contribution is 2.28. The molecular weight excluding hydrogens is 252 g/mol. The summed E-state index contributed by atoms with van der Waals surface area (Å²) in [7, 11) is 1.64. The van der Waals surface area contributed by atoms with E-state index in [-0.39, 0.29) is 17.6 Å². The van der Waals surface area contributed by atoms with Crippen molar-refractivity contribution in [2.24, 2.45) is 0 Å². The van der Waals surface area contributed by atoms with Crippen LogP contribution in [0.15, 0.2) is 0 Å². The maximum absolute atomic E-state index is 11.7. The largest absolute Gasteiger partial charge is 0.390 e. The van der Waals surface area contributed by atoms with Gasteiger partial charge < -0.3 is 10.4 Å². The smallest absolute Gasteiger partial charge is 0.162 e. The van der Waals surface area contributed by atoms with Crippen LogP contribution in [0.3, 0.4) is 0 Å². The average molecular weight is 276 g/mol. The molecule has 0 fully saturated rings. The first-order valence-corrected chi connectivity index (χ1v) is 7.06. The van der Waals surface area contributed by atoms with Crippen molar-refractivity contribution in [2.45, 2.75) is 44.7 Å². The molecule has 0 aromatic carbocycles. The Morgan fingerprint density at radius 1 is 1.39 bits per heavy atom. The van der Waals surface area contributed by atoms with Crippen molar-refractivity contribution >= 4 is 23.3 Å². The topological polar surface area (TPSA) is 78.4 Å². The Kier molecular flexibility index (Phi) is 7.70. The SMILES string of the molecule is CCN[C@@H](CS[C@](NC)(C(C)=O)[C@H](C)O)C(C)=O. The van der Waals surface area contributed by atoms with Gasteiger partial charge in [-0.15, -0.1) is 11.8 Å². The lowest BCUT2D eigenvalue weighted by Gasteiger charge is -2.34. The van der Waals surface area contributed by atoms with E-state index in [1.807, 2.05) is 6.92 Å². The maximum Gasteiger partial charge on any atom is 0.162 e. The highest BCUT2D eigenvalue weighted by Gasteiger charge is 2.40. The minimum absolute atomic E-state index is 0.0310. The molecule has 3 atom stereocenters. The zero-order chi connectivity index (χ0) is 14.3. The zero-order valence-corrected chi connectivity index (χ0v) is 12.6. The highest BCUT2D eigenvalue weighted by molar-refractivity contribution is 8.01. The van der Waals surface area contributed by atoms with Crippen molar-refractivity contribution in [1.82, 2.24) is 10.6 Å². The molecule has 0 spiro atoms. The number of carbonyl (C=O) groups is 2. The molecule has 0 bridgehead atoms. The van der Waals surface area contributed by atoms with Crippen molar-refractivity contribution in [2.75, 3.05) is 19.3 Å². The molecule has 0 unspecified atom stereocenters. The van der Waals surface area contributed by atoms with E-state index in [1.165, 1.54) is 25.6 Å². The fourth-order valence-electron chi connectivity index (χ4n) is 1.75. The van der Waals surface area contributed by atoms with E-state index in [4.69, 9.17) is 0 Å². The van der Waals surface area contributed by atoms with Gasteiger partial charge in [0.05, 0.1) is 12.1 Å². The Bertz CT molecular complexity index is 297. The number of ketones is 2. The molecule has 0 saturated carbocycles. The van der Waals surface area contributed by atoms with Crippen molar-refractivity contribution in [3.05, 3.63) is 0 Å². The molecule has 0 rings (SSSR count). The molecular formula is C12H24N2O3S. The lowest BCUT2D eigenvalue weighted by atomic mass is 10.1. The van der Waals surface area contributed by atoms with Gasteiger partial charge in [-0.1, -0.05) is 6.92 Å². The van der Waals surface area contributed by atoms with E-state index in [0.29, 0.717) is 12.3 Å². The van der Waals surface area contributed by atoms with Crippen LogP contribution in [0.2, 0.25) is 0 Å². The van der Waals surface area contributed by atoms with Gasteiger partial charge in [-0.05, 0) is 34.4 Å². The van der Waals surface area contributed by atoms with Gasteiger partial charge in [0, 0.05) is 5.75 Å². The van der Waals surface area contributed by atoms with Gasteiger partial charge in [-0.3, -0.25) is 14.9 Å². The first kappa shape index (κ1) is 17.6. The van der Waals surface area contributed by atoms with Crippen LogP contribution in [-0.2, 0) is 9.59 Å². The number of aliphatic hydroxyl groups is 1. The molecule has 0 amide bonds. The Hall–Kier alpha value is -0.430. The van der Waals surface area contributed by atoms with Crippen LogP contribution in [0, 0.1) is 0 Å². The Morgan fingerprint density at radius 2 is 1.94 bits per heavy atom. The molecule has 0 aliphatic heterocycles. The number of Topliss-reactive ketones (excluding diaryl/α,β-unsaturated/α-hetero) is 2. The lowest BCUT2D eigenvalue weighted by molar-refractivity contribution is -0.123. The monoisotopic (exact) mass is 276 g/mol. The van der Waals surface area contributed by atoms with Crippen LogP contribution >= 0.6 is 11.8 Å². The lowest BCUT2D eigenvalue weighted by Crippen LogP contribution is -2.55. The van der Waals surface area contributed by atoms with Crippen molar-refractivity contribution in [3.63, 3.8) is 0 Å². The second-order valence-corrected chi connectivity index (χ2v) is 5.52. The molecule has 0 radical (unpaired) electrons. The molecule has 0 aliphatic carbocycles. The summed E-state index contributed by atoms with van der Waals surface area (Å²) in [5.74, 6) is 0.321. The van der Waals surface area contributed by atoms with Gasteiger partial charge >= 0.3 is 0 Å². The average Bonchev–Trinajstić information content (AvgIpc) is 2.27. The van der Waals surface area contributed by atoms with Crippen molar-refractivity contribution in [1.29, 1.82) is 0 Å². The van der Waals surface area contributed by atoms with Crippen molar-refractivity contribution < 1.29 is 14.7 Å². The summed E-state index contributed by atoms with van der Waals surface area (Å²) in [5, 5.41) is 15.7. The van der Waals surface area contributed by atoms with Crippen LogP contribution in [0.4, 0.5) is 0 Å². The third-order valence-corrected chi connectivity index (χ3v) is 4.69. The van der Waals surface area contributed by atoms with E-state index < -0.39 is 11.0 Å². The number of nitrogens with one attached hydrogen (secondary N) is 2. The summed E-state index contributed by atoms with van der Waals surface area (Å²) in [4.78, 5) is 22.1. The van der Waals surface area contributed by atoms with Gasteiger partial charge in [0.15, 0.2) is 5.78 Å². The van der Waals surface area contributed by atoms with Crippen LogP contribution in [0.5, 0.6) is 0 Å². The minimum atomic E-state index is -1.05. The quantitative estimate of drug-likeness (QED) is 0.521. The Labute approximate surface area is 113 Å². The Morgan fingerprint density at radius 3 is 2.22 bits per heavy atom. The van der Waals surface area contributed by atoms with E-state index in [1.54, 1.807) is 14.0 Å². The van der Waals surface area contributed by atoms with E-state index >= 15 is 0 Å². The van der Waals surface area contributed by atoms with Crippen LogP contribution < -0.4 is 10.6 Å². The van der Waals surface area contributed by atoms with E-state index in [9.17, 15) is 14.7 Å². The van der Waals surface area contributed by atoms with Gasteiger partial charge in [0.2, 0.25) is 0 Å². The van der Waals surface area contributed by atoms with Crippen molar-refractivity contribution in [3.8, 4) is 0 Å². The molecule has 6 heteroatoms. The number of likely N-dealkylation sites (N-methyl/N-ethyl adjacent to an activating group) is 2. The second-order valence-electron chi connectivity index (χ2n) is 4.25. The Balaban J connectivity index is 4.79. The molecule has 0 heterocycles. The zero-order valence-electron chi connectivity index (χ0n) is 11.7. The summed E-state index contributed by atoms with van der Waals surface area (Å²) in [6.45, 7) is 7.13. The highest BCUT2D eigenvalue weighted by atomic mass is 32.2. The first-order chi connectivity index (χ1) is 8.31. The summed E-state index contributed by atoms with van der Waals surface area (Å²) >= 11 is 1.27. The normalized spacial score (nSPS) is 17.9. The molecule has 0 aliphatic rings. The van der Waals surface area contributed by atoms with E-state index in [2.05, 4.69) is 10.6 Å². The second kappa shape index (κ2) is 7.89. The molecule has 0 aromatic heterocycles.